The highest BCUT2D eigenvalue weighted by molar-refractivity contribution is 7.99. The van der Waals surface area contributed by atoms with Crippen molar-refractivity contribution in [1.29, 1.82) is 0 Å². The molecular weight excluding hydrogens is 454 g/mol. The molecule has 0 radical (unpaired) electrons. The Morgan fingerprint density at radius 1 is 0.389 bits per heavy atom. The zero-order valence-corrected chi connectivity index (χ0v) is 20.3. The maximum Gasteiger partial charge on any atom is 0.0541 e. The third-order valence-electron chi connectivity index (χ3n) is 7.41. The van der Waals surface area contributed by atoms with Crippen LogP contribution in [0.2, 0.25) is 0 Å². The second-order valence-electron chi connectivity index (χ2n) is 9.32. The smallest absolute Gasteiger partial charge is 0.0541 e. The first-order valence-electron chi connectivity index (χ1n) is 12.3. The summed E-state index contributed by atoms with van der Waals surface area (Å²) in [6, 6.07) is 46.4. The van der Waals surface area contributed by atoms with Crippen LogP contribution in [-0.4, -0.2) is 4.57 Å². The van der Waals surface area contributed by atoms with Gasteiger partial charge < -0.3 is 4.57 Å². The number of hydrogen-bond acceptors (Lipinski definition) is 1. The van der Waals surface area contributed by atoms with E-state index >= 15 is 0 Å². The van der Waals surface area contributed by atoms with Crippen LogP contribution in [0.4, 0.5) is 0 Å². The van der Waals surface area contributed by atoms with Gasteiger partial charge in [-0.05, 0) is 52.4 Å². The Balaban J connectivity index is 1.45. The molecule has 0 bridgehead atoms. The molecule has 168 valence electrons. The van der Waals surface area contributed by atoms with Crippen molar-refractivity contribution < 1.29 is 0 Å². The van der Waals surface area contributed by atoms with E-state index < -0.39 is 0 Å². The summed E-state index contributed by atoms with van der Waals surface area (Å²) in [4.78, 5) is 2.66. The monoisotopic (exact) mass is 475 g/mol. The molecule has 2 heterocycles. The van der Waals surface area contributed by atoms with Crippen molar-refractivity contribution >= 4 is 44.3 Å². The van der Waals surface area contributed by atoms with Crippen LogP contribution in [0.3, 0.4) is 0 Å². The first-order chi connectivity index (χ1) is 17.9. The van der Waals surface area contributed by atoms with E-state index in [1.165, 1.54) is 70.3 Å². The summed E-state index contributed by atoms with van der Waals surface area (Å²) in [5, 5.41) is 5.23. The molecule has 0 saturated carbocycles. The number of rotatable bonds is 2. The Labute approximate surface area is 213 Å². The van der Waals surface area contributed by atoms with Gasteiger partial charge in [-0.1, -0.05) is 109 Å². The standard InChI is InChI=1S/C34H21NS/c1-5-16-29(35-30-17-6-2-11-24(30)25-12-3-7-18-31(25)35)23(10-1)22-20-21-33-34-27(22)14-9-15-28(34)26-13-4-8-19-32(26)36-33/h1-21H. The summed E-state index contributed by atoms with van der Waals surface area (Å²) in [5.74, 6) is 0. The van der Waals surface area contributed by atoms with Crippen LogP contribution >= 0.6 is 11.8 Å². The lowest BCUT2D eigenvalue weighted by atomic mass is 9.92. The summed E-state index contributed by atoms with van der Waals surface area (Å²) in [6.45, 7) is 0. The minimum atomic E-state index is 1.21. The molecule has 1 aliphatic heterocycles. The molecule has 0 saturated heterocycles. The van der Waals surface area contributed by atoms with Gasteiger partial charge in [-0.3, -0.25) is 0 Å². The van der Waals surface area contributed by atoms with E-state index in [1.54, 1.807) is 0 Å². The molecule has 0 N–H and O–H groups in total. The summed E-state index contributed by atoms with van der Waals surface area (Å²) < 4.78 is 2.43. The van der Waals surface area contributed by atoms with Crippen molar-refractivity contribution in [1.82, 2.24) is 4.57 Å². The molecule has 0 unspecified atom stereocenters. The fourth-order valence-corrected chi connectivity index (χ4v) is 7.02. The van der Waals surface area contributed by atoms with Crippen LogP contribution in [0.25, 0.3) is 60.5 Å². The maximum atomic E-state index is 2.43. The van der Waals surface area contributed by atoms with Gasteiger partial charge in [-0.15, -0.1) is 0 Å². The predicted molar refractivity (Wildman–Crippen MR) is 153 cm³/mol. The zero-order chi connectivity index (χ0) is 23.6. The van der Waals surface area contributed by atoms with Gasteiger partial charge in [0.15, 0.2) is 0 Å². The first-order valence-corrected chi connectivity index (χ1v) is 13.1. The third kappa shape index (κ3) is 2.73. The molecule has 0 fully saturated rings. The molecule has 0 aliphatic carbocycles. The number of fused-ring (bicyclic) bond motifs is 5. The molecule has 6 aromatic carbocycles. The van der Waals surface area contributed by atoms with Crippen LogP contribution in [-0.2, 0) is 0 Å². The second kappa shape index (κ2) is 7.61. The number of nitrogens with zero attached hydrogens (tertiary/aromatic N) is 1. The van der Waals surface area contributed by atoms with Crippen LogP contribution in [0.5, 0.6) is 0 Å². The van der Waals surface area contributed by atoms with Crippen molar-refractivity contribution in [3.8, 4) is 27.9 Å². The maximum absolute atomic E-state index is 2.43. The second-order valence-corrected chi connectivity index (χ2v) is 10.4. The highest BCUT2D eigenvalue weighted by atomic mass is 32.2. The van der Waals surface area contributed by atoms with Crippen LogP contribution in [0, 0.1) is 0 Å². The van der Waals surface area contributed by atoms with Crippen LogP contribution < -0.4 is 0 Å². The molecule has 0 atom stereocenters. The average molecular weight is 476 g/mol. The number of hydrogen-bond donors (Lipinski definition) is 0. The van der Waals surface area contributed by atoms with Gasteiger partial charge in [0.1, 0.15) is 0 Å². The SMILES string of the molecule is c1ccc2c(c1)Sc1ccc(-c3ccccc3-n3c4ccccc4c4ccccc43)c3cccc-2c13. The van der Waals surface area contributed by atoms with Crippen LogP contribution in [0.15, 0.2) is 137 Å². The van der Waals surface area contributed by atoms with Gasteiger partial charge in [0, 0.05) is 31.5 Å². The van der Waals surface area contributed by atoms with Gasteiger partial charge in [-0.25, -0.2) is 0 Å². The molecule has 1 aliphatic rings. The Kier molecular flexibility index (Phi) is 4.22. The van der Waals surface area contributed by atoms with E-state index in [2.05, 4.69) is 132 Å². The molecule has 1 aromatic heterocycles. The molecule has 8 rings (SSSR count). The molecule has 0 spiro atoms. The average Bonchev–Trinajstić information content (AvgIpc) is 3.28. The number of aromatic nitrogens is 1. The van der Waals surface area contributed by atoms with Gasteiger partial charge in [0.25, 0.3) is 0 Å². The zero-order valence-electron chi connectivity index (χ0n) is 19.5. The Hall–Kier alpha value is -4.27. The highest BCUT2D eigenvalue weighted by Crippen LogP contribution is 2.50. The van der Waals surface area contributed by atoms with Crippen molar-refractivity contribution in [3.63, 3.8) is 0 Å². The first kappa shape index (κ1) is 20.0. The van der Waals surface area contributed by atoms with Crippen molar-refractivity contribution in [2.45, 2.75) is 9.79 Å². The van der Waals surface area contributed by atoms with Crippen molar-refractivity contribution in [2.75, 3.05) is 0 Å². The molecule has 7 aromatic rings. The largest absolute Gasteiger partial charge is 0.309 e. The Morgan fingerprint density at radius 2 is 1.00 bits per heavy atom. The minimum absolute atomic E-state index is 1.21. The van der Waals surface area contributed by atoms with Crippen molar-refractivity contribution in [2.24, 2.45) is 0 Å². The molecule has 0 amide bonds. The minimum Gasteiger partial charge on any atom is -0.309 e. The predicted octanol–water partition coefficient (Wildman–Crippen LogP) is 9.74. The lowest BCUT2D eigenvalue weighted by Crippen LogP contribution is -1.98. The van der Waals surface area contributed by atoms with Gasteiger partial charge in [0.2, 0.25) is 0 Å². The summed E-state index contributed by atoms with van der Waals surface area (Å²) in [7, 11) is 0. The molecule has 1 nitrogen and oxygen atoms in total. The van der Waals surface area contributed by atoms with E-state index in [4.69, 9.17) is 0 Å². The summed E-state index contributed by atoms with van der Waals surface area (Å²) >= 11 is 1.88. The quantitative estimate of drug-likeness (QED) is 0.241. The molecular formula is C34H21NS. The fourth-order valence-electron chi connectivity index (χ4n) is 5.89. The van der Waals surface area contributed by atoms with E-state index in [-0.39, 0.29) is 0 Å². The topological polar surface area (TPSA) is 4.93 Å². The van der Waals surface area contributed by atoms with Crippen molar-refractivity contribution in [3.05, 3.63) is 127 Å². The fraction of sp³-hybridized carbons (Fsp3) is 0. The third-order valence-corrected chi connectivity index (χ3v) is 8.55. The van der Waals surface area contributed by atoms with E-state index in [0.717, 1.165) is 0 Å². The van der Waals surface area contributed by atoms with E-state index in [9.17, 15) is 0 Å². The van der Waals surface area contributed by atoms with Crippen LogP contribution in [0.1, 0.15) is 0 Å². The Bertz CT molecular complexity index is 1920. The summed E-state index contributed by atoms with van der Waals surface area (Å²) in [5.41, 5.74) is 8.85. The normalized spacial score (nSPS) is 12.3. The number of benzene rings is 6. The van der Waals surface area contributed by atoms with E-state index in [0.29, 0.717) is 0 Å². The van der Waals surface area contributed by atoms with E-state index in [1.807, 2.05) is 11.8 Å². The summed E-state index contributed by atoms with van der Waals surface area (Å²) in [6.07, 6.45) is 0. The lowest BCUT2D eigenvalue weighted by molar-refractivity contribution is 1.18. The number of para-hydroxylation sites is 3. The van der Waals surface area contributed by atoms with Gasteiger partial charge >= 0.3 is 0 Å². The van der Waals surface area contributed by atoms with Gasteiger partial charge in [-0.2, -0.15) is 0 Å². The highest BCUT2D eigenvalue weighted by Gasteiger charge is 2.22. The molecule has 36 heavy (non-hydrogen) atoms. The van der Waals surface area contributed by atoms with Gasteiger partial charge in [0.05, 0.1) is 16.7 Å². The molecule has 2 heteroatoms. The lowest BCUT2D eigenvalue weighted by Gasteiger charge is -2.22. The Morgan fingerprint density at radius 3 is 1.81 bits per heavy atom.